The number of nitrogens with zero attached hydrogens (tertiary/aromatic N) is 2. The number of pyridine rings is 1. The second kappa shape index (κ2) is 4.01. The molecule has 0 aliphatic carbocycles. The minimum absolute atomic E-state index is 0.631. The highest BCUT2D eigenvalue weighted by Crippen LogP contribution is 2.24. The van der Waals surface area contributed by atoms with Crippen LogP contribution in [0.25, 0.3) is 22.2 Å². The number of aryl methyl sites for hydroxylation is 1. The quantitative estimate of drug-likeness (QED) is 0.700. The Morgan fingerprint density at radius 1 is 1.17 bits per heavy atom. The average molecular weight is 233 g/mol. The summed E-state index contributed by atoms with van der Waals surface area (Å²) >= 11 is 0. The fourth-order valence-corrected chi connectivity index (χ4v) is 2.00. The molecular formula is C15H11N3. The minimum atomic E-state index is 0.631. The van der Waals surface area contributed by atoms with Crippen LogP contribution in [0.5, 0.6) is 0 Å². The van der Waals surface area contributed by atoms with Crippen LogP contribution in [0.15, 0.2) is 42.7 Å². The SMILES string of the molecule is Cc1ccc(-c2cnc3[nH]cc(C#N)c3c2)cc1. The van der Waals surface area contributed by atoms with Crippen molar-refractivity contribution in [3.8, 4) is 17.2 Å². The molecule has 0 aliphatic rings. The lowest BCUT2D eigenvalue weighted by Gasteiger charge is -2.02. The lowest BCUT2D eigenvalue weighted by Crippen LogP contribution is -1.82. The van der Waals surface area contributed by atoms with E-state index in [0.717, 1.165) is 22.2 Å². The van der Waals surface area contributed by atoms with Crippen molar-refractivity contribution >= 4 is 11.0 Å². The third-order valence-electron chi connectivity index (χ3n) is 3.04. The van der Waals surface area contributed by atoms with Crippen LogP contribution in [0.4, 0.5) is 0 Å². The Hall–Kier alpha value is -2.60. The smallest absolute Gasteiger partial charge is 0.138 e. The number of H-pyrrole nitrogens is 1. The predicted molar refractivity (Wildman–Crippen MR) is 71.0 cm³/mol. The summed E-state index contributed by atoms with van der Waals surface area (Å²) in [4.78, 5) is 7.34. The van der Waals surface area contributed by atoms with Crippen molar-refractivity contribution in [1.82, 2.24) is 9.97 Å². The number of rotatable bonds is 1. The topological polar surface area (TPSA) is 52.5 Å². The van der Waals surface area contributed by atoms with Crippen molar-refractivity contribution in [2.75, 3.05) is 0 Å². The lowest BCUT2D eigenvalue weighted by atomic mass is 10.0. The first kappa shape index (κ1) is 10.5. The number of nitrogens with one attached hydrogen (secondary N) is 1. The molecule has 3 heteroatoms. The molecule has 3 rings (SSSR count). The molecular weight excluding hydrogens is 222 g/mol. The van der Waals surface area contributed by atoms with E-state index in [9.17, 15) is 0 Å². The molecule has 18 heavy (non-hydrogen) atoms. The molecule has 0 bridgehead atoms. The number of aromatic nitrogens is 2. The zero-order valence-corrected chi connectivity index (χ0v) is 9.94. The van der Waals surface area contributed by atoms with Crippen LogP contribution in [0.3, 0.4) is 0 Å². The van der Waals surface area contributed by atoms with E-state index in [0.29, 0.717) is 5.56 Å². The van der Waals surface area contributed by atoms with E-state index in [1.807, 2.05) is 12.3 Å². The molecule has 0 amide bonds. The maximum atomic E-state index is 9.02. The third-order valence-corrected chi connectivity index (χ3v) is 3.04. The summed E-state index contributed by atoms with van der Waals surface area (Å²) in [5.41, 5.74) is 4.75. The zero-order valence-electron chi connectivity index (χ0n) is 9.94. The van der Waals surface area contributed by atoms with Gasteiger partial charge >= 0.3 is 0 Å². The first-order chi connectivity index (χ1) is 8.78. The molecule has 1 aromatic carbocycles. The van der Waals surface area contributed by atoms with Crippen LogP contribution >= 0.6 is 0 Å². The molecule has 0 unspecified atom stereocenters. The zero-order chi connectivity index (χ0) is 12.5. The van der Waals surface area contributed by atoms with Crippen LogP contribution < -0.4 is 0 Å². The van der Waals surface area contributed by atoms with E-state index in [1.165, 1.54) is 5.56 Å². The van der Waals surface area contributed by atoms with Crippen molar-refractivity contribution in [1.29, 1.82) is 5.26 Å². The highest BCUT2D eigenvalue weighted by atomic mass is 14.8. The maximum Gasteiger partial charge on any atom is 0.138 e. The van der Waals surface area contributed by atoms with Gasteiger partial charge in [0.25, 0.3) is 0 Å². The summed E-state index contributed by atoms with van der Waals surface area (Å²) in [6.07, 6.45) is 3.52. The molecule has 0 saturated carbocycles. The van der Waals surface area contributed by atoms with Crippen molar-refractivity contribution in [2.45, 2.75) is 6.92 Å². The largest absolute Gasteiger partial charge is 0.345 e. The Morgan fingerprint density at radius 3 is 2.67 bits per heavy atom. The number of benzene rings is 1. The van der Waals surface area contributed by atoms with Gasteiger partial charge < -0.3 is 4.98 Å². The summed E-state index contributed by atoms with van der Waals surface area (Å²) in [6.45, 7) is 2.06. The van der Waals surface area contributed by atoms with Gasteiger partial charge in [-0.1, -0.05) is 29.8 Å². The Balaban J connectivity index is 2.18. The van der Waals surface area contributed by atoms with Crippen molar-refractivity contribution in [3.63, 3.8) is 0 Å². The molecule has 0 fully saturated rings. The molecule has 0 saturated heterocycles. The Kier molecular flexibility index (Phi) is 2.35. The van der Waals surface area contributed by atoms with Crippen LogP contribution in [-0.4, -0.2) is 9.97 Å². The van der Waals surface area contributed by atoms with E-state index >= 15 is 0 Å². The van der Waals surface area contributed by atoms with Gasteiger partial charge in [-0.05, 0) is 18.6 Å². The minimum Gasteiger partial charge on any atom is -0.345 e. The van der Waals surface area contributed by atoms with Crippen LogP contribution in [0.2, 0.25) is 0 Å². The van der Waals surface area contributed by atoms with E-state index < -0.39 is 0 Å². The normalized spacial score (nSPS) is 10.4. The summed E-state index contributed by atoms with van der Waals surface area (Å²) in [5, 5.41) is 9.90. The van der Waals surface area contributed by atoms with Gasteiger partial charge in [-0.2, -0.15) is 5.26 Å². The average Bonchev–Trinajstić information content (AvgIpc) is 2.81. The second-order valence-electron chi connectivity index (χ2n) is 4.30. The second-order valence-corrected chi connectivity index (χ2v) is 4.30. The van der Waals surface area contributed by atoms with E-state index in [4.69, 9.17) is 5.26 Å². The molecule has 2 heterocycles. The Bertz CT molecular complexity index is 745. The van der Waals surface area contributed by atoms with E-state index in [-0.39, 0.29) is 0 Å². The van der Waals surface area contributed by atoms with Gasteiger partial charge in [0.1, 0.15) is 11.7 Å². The summed E-state index contributed by atoms with van der Waals surface area (Å²) in [7, 11) is 0. The molecule has 0 atom stereocenters. The number of nitriles is 1. The predicted octanol–water partition coefficient (Wildman–Crippen LogP) is 3.41. The Labute approximate surface area is 105 Å². The van der Waals surface area contributed by atoms with Gasteiger partial charge in [0, 0.05) is 23.3 Å². The summed E-state index contributed by atoms with van der Waals surface area (Å²) < 4.78 is 0. The van der Waals surface area contributed by atoms with E-state index in [2.05, 4.69) is 47.2 Å². The molecule has 0 aliphatic heterocycles. The fourth-order valence-electron chi connectivity index (χ4n) is 2.00. The molecule has 3 nitrogen and oxygen atoms in total. The number of hydrogen-bond donors (Lipinski definition) is 1. The molecule has 1 N–H and O–H groups in total. The molecule has 3 aromatic rings. The first-order valence-corrected chi connectivity index (χ1v) is 5.72. The summed E-state index contributed by atoms with van der Waals surface area (Å²) in [6, 6.07) is 12.4. The van der Waals surface area contributed by atoms with Gasteiger partial charge in [0.15, 0.2) is 0 Å². The van der Waals surface area contributed by atoms with Crippen LogP contribution in [0, 0.1) is 18.3 Å². The maximum absolute atomic E-state index is 9.02. The van der Waals surface area contributed by atoms with Crippen molar-refractivity contribution in [2.24, 2.45) is 0 Å². The number of fused-ring (bicyclic) bond motifs is 1. The molecule has 0 spiro atoms. The van der Waals surface area contributed by atoms with Gasteiger partial charge in [0.05, 0.1) is 5.56 Å². The van der Waals surface area contributed by atoms with Gasteiger partial charge in [-0.25, -0.2) is 4.98 Å². The summed E-state index contributed by atoms with van der Waals surface area (Å²) in [5.74, 6) is 0. The first-order valence-electron chi connectivity index (χ1n) is 5.72. The Morgan fingerprint density at radius 2 is 1.94 bits per heavy atom. The van der Waals surface area contributed by atoms with Crippen LogP contribution in [-0.2, 0) is 0 Å². The number of hydrogen-bond acceptors (Lipinski definition) is 2. The van der Waals surface area contributed by atoms with Crippen molar-refractivity contribution < 1.29 is 0 Å². The van der Waals surface area contributed by atoms with E-state index in [1.54, 1.807) is 6.20 Å². The monoisotopic (exact) mass is 233 g/mol. The highest BCUT2D eigenvalue weighted by molar-refractivity contribution is 5.86. The van der Waals surface area contributed by atoms with Gasteiger partial charge in [-0.3, -0.25) is 0 Å². The number of aromatic amines is 1. The highest BCUT2D eigenvalue weighted by Gasteiger charge is 2.06. The molecule has 0 radical (unpaired) electrons. The lowest BCUT2D eigenvalue weighted by molar-refractivity contribution is 1.32. The van der Waals surface area contributed by atoms with Gasteiger partial charge in [0.2, 0.25) is 0 Å². The molecule has 86 valence electrons. The molecule has 2 aromatic heterocycles. The third kappa shape index (κ3) is 1.64. The standard InChI is InChI=1S/C15H11N3/c1-10-2-4-11(5-3-10)12-6-14-13(7-16)9-18-15(14)17-8-12/h2-6,8-9H,1H3,(H,17,18). The van der Waals surface area contributed by atoms with Gasteiger partial charge in [-0.15, -0.1) is 0 Å². The fraction of sp³-hybridized carbons (Fsp3) is 0.0667. The van der Waals surface area contributed by atoms with Crippen LogP contribution in [0.1, 0.15) is 11.1 Å². The van der Waals surface area contributed by atoms with Crippen molar-refractivity contribution in [3.05, 3.63) is 53.9 Å².